The Labute approximate surface area is 116 Å². The summed E-state index contributed by atoms with van der Waals surface area (Å²) >= 11 is 9.23. The van der Waals surface area contributed by atoms with E-state index >= 15 is 0 Å². The fraction of sp³-hybridized carbons (Fsp3) is 0.462. The minimum atomic E-state index is -0.177. The largest absolute Gasteiger partial charge is 0.340 e. The number of likely N-dealkylation sites (N-methyl/N-ethyl adjacent to an activating group) is 1. The number of benzene rings is 1. The molecule has 1 aromatic rings. The summed E-state index contributed by atoms with van der Waals surface area (Å²) < 4.78 is 0. The first-order valence-electron chi connectivity index (χ1n) is 5.44. The van der Waals surface area contributed by atoms with Crippen molar-refractivity contribution in [2.45, 2.75) is 25.8 Å². The smallest absolute Gasteiger partial charge is 0.227 e. The monoisotopic (exact) mass is 317 g/mol. The first-order chi connectivity index (χ1) is 7.86. The summed E-state index contributed by atoms with van der Waals surface area (Å²) in [4.78, 5) is 13.8. The molecule has 0 bridgehead atoms. The number of carbonyl (C=O) groups excluding carboxylic acids is 1. The van der Waals surface area contributed by atoms with Crippen molar-refractivity contribution in [1.29, 1.82) is 0 Å². The van der Waals surface area contributed by atoms with Crippen LogP contribution in [-0.4, -0.2) is 28.7 Å². The quantitative estimate of drug-likeness (QED) is 0.778. The summed E-state index contributed by atoms with van der Waals surface area (Å²) in [5.41, 5.74) is 0.806. The normalized spacial score (nSPS) is 11.4. The van der Waals surface area contributed by atoms with Gasteiger partial charge in [-0.05, 0) is 31.5 Å². The highest BCUT2D eigenvalue weighted by molar-refractivity contribution is 9.09. The van der Waals surface area contributed by atoms with Gasteiger partial charge in [0.1, 0.15) is 0 Å². The minimum absolute atomic E-state index is 0.108. The first-order valence-corrected chi connectivity index (χ1v) is 6.94. The van der Waals surface area contributed by atoms with Crippen molar-refractivity contribution < 1.29 is 4.79 Å². The van der Waals surface area contributed by atoms with Crippen LogP contribution in [0, 0.1) is 0 Å². The van der Waals surface area contributed by atoms with Crippen LogP contribution in [0.2, 0.25) is 5.02 Å². The van der Waals surface area contributed by atoms with Crippen molar-refractivity contribution in [3.05, 3.63) is 34.9 Å². The Bertz CT molecular complexity index is 389. The molecule has 1 rings (SSSR count). The number of carbonyl (C=O) groups is 1. The van der Waals surface area contributed by atoms with Crippen molar-refractivity contribution in [1.82, 2.24) is 4.90 Å². The van der Waals surface area contributed by atoms with Gasteiger partial charge in [-0.1, -0.05) is 39.7 Å². The van der Waals surface area contributed by atoms with Crippen molar-refractivity contribution in [3.63, 3.8) is 0 Å². The second kappa shape index (κ2) is 5.87. The maximum Gasteiger partial charge on any atom is 0.227 e. The Morgan fingerprint density at radius 3 is 2.35 bits per heavy atom. The fourth-order valence-corrected chi connectivity index (χ4v) is 1.82. The molecule has 0 aliphatic heterocycles. The van der Waals surface area contributed by atoms with Crippen molar-refractivity contribution in [2.75, 3.05) is 12.4 Å². The third-order valence-electron chi connectivity index (χ3n) is 2.88. The predicted octanol–water partition coefficient (Wildman–Crippen LogP) is 3.51. The van der Waals surface area contributed by atoms with E-state index in [1.165, 1.54) is 0 Å². The molecule has 1 aromatic carbocycles. The molecule has 94 valence electrons. The summed E-state index contributed by atoms with van der Waals surface area (Å²) in [6.45, 7) is 4.06. The Morgan fingerprint density at radius 1 is 1.35 bits per heavy atom. The third-order valence-corrected chi connectivity index (χ3v) is 4.50. The Hall–Kier alpha value is -0.540. The van der Waals surface area contributed by atoms with Crippen molar-refractivity contribution >= 4 is 33.4 Å². The van der Waals surface area contributed by atoms with Gasteiger partial charge >= 0.3 is 0 Å². The minimum Gasteiger partial charge on any atom is -0.340 e. The van der Waals surface area contributed by atoms with Crippen LogP contribution in [0.15, 0.2) is 24.3 Å². The lowest BCUT2D eigenvalue weighted by molar-refractivity contribution is -0.133. The molecule has 17 heavy (non-hydrogen) atoms. The number of rotatable bonds is 4. The van der Waals surface area contributed by atoms with Crippen LogP contribution in [0.25, 0.3) is 0 Å². The molecule has 0 aromatic heterocycles. The van der Waals surface area contributed by atoms with E-state index in [4.69, 9.17) is 11.6 Å². The number of alkyl halides is 1. The second-order valence-corrected chi connectivity index (χ2v) is 5.70. The fourth-order valence-electron chi connectivity index (χ4n) is 1.32. The molecule has 1 amide bonds. The van der Waals surface area contributed by atoms with E-state index in [-0.39, 0.29) is 11.4 Å². The van der Waals surface area contributed by atoms with Crippen LogP contribution in [0.1, 0.15) is 19.4 Å². The van der Waals surface area contributed by atoms with E-state index in [2.05, 4.69) is 15.9 Å². The molecule has 0 aliphatic carbocycles. The summed E-state index contributed by atoms with van der Waals surface area (Å²) in [5, 5.41) is 1.44. The zero-order valence-electron chi connectivity index (χ0n) is 10.3. The number of nitrogens with zero attached hydrogens (tertiary/aromatic N) is 1. The molecule has 0 saturated heterocycles. The summed E-state index contributed by atoms with van der Waals surface area (Å²) in [6, 6.07) is 7.38. The van der Waals surface area contributed by atoms with E-state index in [0.29, 0.717) is 11.4 Å². The topological polar surface area (TPSA) is 20.3 Å². The van der Waals surface area contributed by atoms with Gasteiger partial charge in [0.2, 0.25) is 5.91 Å². The molecule has 0 unspecified atom stereocenters. The number of amides is 1. The van der Waals surface area contributed by atoms with Gasteiger partial charge in [0.05, 0.1) is 6.42 Å². The average molecular weight is 319 g/mol. The van der Waals surface area contributed by atoms with Crippen LogP contribution in [0.4, 0.5) is 0 Å². The summed E-state index contributed by atoms with van der Waals surface area (Å²) in [6.07, 6.45) is 0.407. The van der Waals surface area contributed by atoms with Crippen LogP contribution < -0.4 is 0 Å². The van der Waals surface area contributed by atoms with Gasteiger partial charge in [0, 0.05) is 22.9 Å². The molecule has 0 heterocycles. The van der Waals surface area contributed by atoms with E-state index in [1.807, 2.05) is 33.0 Å². The van der Waals surface area contributed by atoms with Gasteiger partial charge in [0.15, 0.2) is 0 Å². The van der Waals surface area contributed by atoms with Crippen LogP contribution in [0.3, 0.4) is 0 Å². The molecule has 0 radical (unpaired) electrons. The van der Waals surface area contributed by atoms with Crippen LogP contribution >= 0.6 is 27.5 Å². The Morgan fingerprint density at radius 2 is 1.88 bits per heavy atom. The van der Waals surface area contributed by atoms with Crippen molar-refractivity contribution in [3.8, 4) is 0 Å². The van der Waals surface area contributed by atoms with E-state index in [0.717, 1.165) is 10.9 Å². The molecule has 0 fully saturated rings. The number of hydrogen-bond acceptors (Lipinski definition) is 1. The lowest BCUT2D eigenvalue weighted by Crippen LogP contribution is -2.46. The number of halogens is 2. The standard InChI is InChI=1S/C13H17BrClNO/c1-13(2,9-14)16(3)12(17)8-10-4-6-11(15)7-5-10/h4-7H,8-9H2,1-3H3. The third kappa shape index (κ3) is 4.00. The van der Waals surface area contributed by atoms with Crippen molar-refractivity contribution in [2.24, 2.45) is 0 Å². The second-order valence-electron chi connectivity index (χ2n) is 4.70. The molecule has 2 nitrogen and oxygen atoms in total. The van der Waals surface area contributed by atoms with Gasteiger partial charge in [-0.3, -0.25) is 4.79 Å². The zero-order valence-corrected chi connectivity index (χ0v) is 12.7. The molecule has 0 N–H and O–H groups in total. The molecular formula is C13H17BrClNO. The highest BCUT2D eigenvalue weighted by Crippen LogP contribution is 2.17. The Balaban J connectivity index is 2.69. The predicted molar refractivity (Wildman–Crippen MR) is 75.8 cm³/mol. The molecule has 0 saturated carbocycles. The molecule has 0 atom stereocenters. The molecule has 4 heteroatoms. The maximum atomic E-state index is 12.1. The van der Waals surface area contributed by atoms with E-state index in [1.54, 1.807) is 17.0 Å². The van der Waals surface area contributed by atoms with E-state index in [9.17, 15) is 4.79 Å². The molecular weight excluding hydrogens is 302 g/mol. The molecule has 0 aliphatic rings. The first kappa shape index (κ1) is 14.5. The molecule has 0 spiro atoms. The van der Waals surface area contributed by atoms with Crippen LogP contribution in [-0.2, 0) is 11.2 Å². The maximum absolute atomic E-state index is 12.1. The van der Waals surface area contributed by atoms with E-state index < -0.39 is 0 Å². The van der Waals surface area contributed by atoms with Gasteiger partial charge < -0.3 is 4.90 Å². The van der Waals surface area contributed by atoms with Gasteiger partial charge in [-0.25, -0.2) is 0 Å². The lowest BCUT2D eigenvalue weighted by Gasteiger charge is -2.34. The average Bonchev–Trinajstić information content (AvgIpc) is 2.31. The Kier molecular flexibility index (Phi) is 5.02. The summed E-state index contributed by atoms with van der Waals surface area (Å²) in [7, 11) is 1.83. The van der Waals surface area contributed by atoms with Gasteiger partial charge in [-0.15, -0.1) is 0 Å². The number of hydrogen-bond donors (Lipinski definition) is 0. The SMILES string of the molecule is CN(C(=O)Cc1ccc(Cl)cc1)C(C)(C)CBr. The zero-order chi connectivity index (χ0) is 13.1. The highest BCUT2D eigenvalue weighted by Gasteiger charge is 2.26. The lowest BCUT2D eigenvalue weighted by atomic mass is 10.0. The van der Waals surface area contributed by atoms with Crippen LogP contribution in [0.5, 0.6) is 0 Å². The van der Waals surface area contributed by atoms with Gasteiger partial charge in [-0.2, -0.15) is 0 Å². The highest BCUT2D eigenvalue weighted by atomic mass is 79.9. The summed E-state index contributed by atoms with van der Waals surface area (Å²) in [5.74, 6) is 0.108. The van der Waals surface area contributed by atoms with Gasteiger partial charge in [0.25, 0.3) is 0 Å².